The molecule has 31 heavy (non-hydrogen) atoms. The fraction of sp³-hybridized carbons (Fsp3) is 0.115. The Bertz CT molecular complexity index is 1110. The van der Waals surface area contributed by atoms with E-state index in [0.29, 0.717) is 0 Å². The van der Waals surface area contributed by atoms with Gasteiger partial charge in [-0.25, -0.2) is 0 Å². The first kappa shape index (κ1) is 21.2. The Morgan fingerprint density at radius 1 is 0.774 bits per heavy atom. The molecule has 1 aromatic heterocycles. The molecule has 0 aliphatic heterocycles. The summed E-state index contributed by atoms with van der Waals surface area (Å²) in [6.45, 7) is 2.05. The van der Waals surface area contributed by atoms with Gasteiger partial charge in [0.1, 0.15) is 0 Å². The molecule has 0 bridgehead atoms. The van der Waals surface area contributed by atoms with E-state index in [1.807, 2.05) is 110 Å². The average molecular weight is 427 g/mol. The molecule has 0 unspecified atom stereocenters. The van der Waals surface area contributed by atoms with Gasteiger partial charge in [0.2, 0.25) is 7.29 Å². The molecule has 0 spiro atoms. The Morgan fingerprint density at radius 3 is 1.84 bits per heavy atom. The third-order valence-corrected chi connectivity index (χ3v) is 8.08. The zero-order valence-corrected chi connectivity index (χ0v) is 18.3. The normalized spacial score (nSPS) is 13.5. The molecule has 0 saturated carbocycles. The highest BCUT2D eigenvalue weighted by Crippen LogP contribution is 2.44. The lowest BCUT2D eigenvalue weighted by Crippen LogP contribution is -2.36. The Kier molecular flexibility index (Phi) is 6.43. The van der Waals surface area contributed by atoms with Crippen LogP contribution in [0.2, 0.25) is 0 Å². The van der Waals surface area contributed by atoms with Crippen molar-refractivity contribution in [2.75, 3.05) is 0 Å². The zero-order valence-electron chi connectivity index (χ0n) is 17.4. The van der Waals surface area contributed by atoms with Crippen LogP contribution >= 0.6 is 7.29 Å². The van der Waals surface area contributed by atoms with Gasteiger partial charge in [-0.05, 0) is 48.9 Å². The minimum atomic E-state index is -3.19. The SMILES string of the molecule is Cc1ccc([C@H](NP(=O)(c2ccccc2)c2ccccc2)[C@@H](N)c2ccccn2)cc1. The van der Waals surface area contributed by atoms with Crippen LogP contribution in [-0.2, 0) is 4.57 Å². The predicted octanol–water partition coefficient (Wildman–Crippen LogP) is 4.65. The molecule has 0 radical (unpaired) electrons. The van der Waals surface area contributed by atoms with Crippen LogP contribution < -0.4 is 21.4 Å². The summed E-state index contributed by atoms with van der Waals surface area (Å²) in [6.07, 6.45) is 1.73. The number of aryl methyl sites for hydroxylation is 1. The number of pyridine rings is 1. The van der Waals surface area contributed by atoms with Crippen LogP contribution in [0.1, 0.15) is 28.9 Å². The third kappa shape index (κ3) is 4.67. The van der Waals surface area contributed by atoms with Crippen molar-refractivity contribution in [1.29, 1.82) is 0 Å². The van der Waals surface area contributed by atoms with Crippen LogP contribution in [0.5, 0.6) is 0 Å². The monoisotopic (exact) mass is 427 g/mol. The summed E-state index contributed by atoms with van der Waals surface area (Å²) in [5.41, 5.74) is 9.59. The molecule has 5 heteroatoms. The number of hydrogen-bond acceptors (Lipinski definition) is 3. The molecule has 0 fully saturated rings. The van der Waals surface area contributed by atoms with Gasteiger partial charge in [0, 0.05) is 16.8 Å². The highest BCUT2D eigenvalue weighted by molar-refractivity contribution is 7.76. The van der Waals surface area contributed by atoms with E-state index in [1.165, 1.54) is 0 Å². The van der Waals surface area contributed by atoms with Crippen LogP contribution in [0, 0.1) is 6.92 Å². The highest BCUT2D eigenvalue weighted by Gasteiger charge is 2.34. The van der Waals surface area contributed by atoms with Gasteiger partial charge in [-0.15, -0.1) is 0 Å². The summed E-state index contributed by atoms with van der Waals surface area (Å²) in [5.74, 6) is 0. The molecule has 3 aromatic carbocycles. The number of aromatic nitrogens is 1. The van der Waals surface area contributed by atoms with E-state index in [-0.39, 0.29) is 0 Å². The van der Waals surface area contributed by atoms with Gasteiger partial charge in [-0.1, -0.05) is 72.3 Å². The average Bonchev–Trinajstić information content (AvgIpc) is 2.84. The molecule has 4 nitrogen and oxygen atoms in total. The van der Waals surface area contributed by atoms with Gasteiger partial charge in [0.25, 0.3) is 0 Å². The second-order valence-electron chi connectivity index (χ2n) is 7.58. The van der Waals surface area contributed by atoms with E-state index in [1.54, 1.807) is 6.20 Å². The van der Waals surface area contributed by atoms with E-state index in [0.717, 1.165) is 27.4 Å². The summed E-state index contributed by atoms with van der Waals surface area (Å²) in [5, 5.41) is 4.97. The van der Waals surface area contributed by atoms with Crippen molar-refractivity contribution in [2.45, 2.75) is 19.0 Å². The zero-order chi connectivity index (χ0) is 21.7. The quantitative estimate of drug-likeness (QED) is 0.421. The van der Waals surface area contributed by atoms with Crippen molar-refractivity contribution in [3.63, 3.8) is 0 Å². The molecule has 2 atom stereocenters. The van der Waals surface area contributed by atoms with Crippen LogP contribution in [0.15, 0.2) is 109 Å². The Morgan fingerprint density at radius 2 is 1.32 bits per heavy atom. The molecule has 0 aliphatic rings. The van der Waals surface area contributed by atoms with Crippen molar-refractivity contribution in [3.05, 3.63) is 126 Å². The Hall–Kier alpha value is -3.04. The maximum absolute atomic E-state index is 14.6. The molecule has 156 valence electrons. The summed E-state index contributed by atoms with van der Waals surface area (Å²) < 4.78 is 14.6. The van der Waals surface area contributed by atoms with Crippen LogP contribution in [0.3, 0.4) is 0 Å². The van der Waals surface area contributed by atoms with Gasteiger partial charge in [0.15, 0.2) is 0 Å². The van der Waals surface area contributed by atoms with Gasteiger partial charge >= 0.3 is 0 Å². The Labute approximate surface area is 183 Å². The summed E-state index contributed by atoms with van der Waals surface area (Å²) >= 11 is 0. The van der Waals surface area contributed by atoms with Crippen LogP contribution in [0.4, 0.5) is 0 Å². The standard InChI is InChI=1S/C26H26N3OP/c1-20-15-17-21(18-16-20)26(25(27)24-14-8-9-19-28-24)29-31(30,22-10-4-2-5-11-22)23-12-6-3-7-13-23/h2-19,25-26H,27H2,1H3,(H,29,30)/t25-,26-/m0/s1. The van der Waals surface area contributed by atoms with Gasteiger partial charge in [-0.3, -0.25) is 14.6 Å². The molecule has 4 rings (SSSR count). The van der Waals surface area contributed by atoms with Crippen molar-refractivity contribution in [3.8, 4) is 0 Å². The van der Waals surface area contributed by atoms with Gasteiger partial charge in [0.05, 0.1) is 17.8 Å². The van der Waals surface area contributed by atoms with E-state index < -0.39 is 19.4 Å². The number of benzene rings is 3. The second kappa shape index (κ2) is 9.40. The van der Waals surface area contributed by atoms with Crippen molar-refractivity contribution < 1.29 is 4.57 Å². The van der Waals surface area contributed by atoms with Crippen molar-refractivity contribution in [2.24, 2.45) is 5.73 Å². The smallest absolute Gasteiger partial charge is 0.205 e. The molecule has 3 N–H and O–H groups in total. The number of hydrogen-bond donors (Lipinski definition) is 2. The molecule has 0 amide bonds. The number of rotatable bonds is 7. The number of nitrogens with one attached hydrogen (secondary N) is 1. The highest BCUT2D eigenvalue weighted by atomic mass is 31.2. The molecular weight excluding hydrogens is 401 g/mol. The molecule has 1 heterocycles. The lowest BCUT2D eigenvalue weighted by Gasteiger charge is -2.31. The third-order valence-electron chi connectivity index (χ3n) is 5.39. The van der Waals surface area contributed by atoms with E-state index >= 15 is 0 Å². The molecule has 4 aromatic rings. The topological polar surface area (TPSA) is 68.0 Å². The van der Waals surface area contributed by atoms with E-state index in [9.17, 15) is 4.57 Å². The summed E-state index contributed by atoms with van der Waals surface area (Å²) in [7, 11) is -3.19. The van der Waals surface area contributed by atoms with Crippen LogP contribution in [0.25, 0.3) is 0 Å². The van der Waals surface area contributed by atoms with Gasteiger partial charge < -0.3 is 5.73 Å². The van der Waals surface area contributed by atoms with Crippen molar-refractivity contribution >= 4 is 17.9 Å². The predicted molar refractivity (Wildman–Crippen MR) is 128 cm³/mol. The van der Waals surface area contributed by atoms with E-state index in [4.69, 9.17) is 5.73 Å². The minimum Gasteiger partial charge on any atom is -0.321 e. The van der Waals surface area contributed by atoms with Gasteiger partial charge in [-0.2, -0.15) is 0 Å². The summed E-state index contributed by atoms with van der Waals surface area (Å²) in [4.78, 5) is 4.46. The number of nitrogens with zero attached hydrogens (tertiary/aromatic N) is 1. The maximum Gasteiger partial charge on any atom is 0.205 e. The molecular formula is C26H26N3OP. The van der Waals surface area contributed by atoms with E-state index in [2.05, 4.69) is 10.1 Å². The second-order valence-corrected chi connectivity index (χ2v) is 10.1. The van der Waals surface area contributed by atoms with Crippen LogP contribution in [-0.4, -0.2) is 4.98 Å². The first-order valence-electron chi connectivity index (χ1n) is 10.3. The Balaban J connectivity index is 1.83. The molecule has 0 saturated heterocycles. The lowest BCUT2D eigenvalue weighted by atomic mass is 9.97. The number of nitrogens with two attached hydrogens (primary N) is 1. The fourth-order valence-corrected chi connectivity index (χ4v) is 6.13. The first-order valence-corrected chi connectivity index (χ1v) is 12.0. The largest absolute Gasteiger partial charge is 0.321 e. The summed E-state index contributed by atoms with van der Waals surface area (Å²) in [6, 6.07) is 32.1. The molecule has 0 aliphatic carbocycles. The van der Waals surface area contributed by atoms with Crippen molar-refractivity contribution in [1.82, 2.24) is 10.1 Å². The fourth-order valence-electron chi connectivity index (χ4n) is 3.65. The maximum atomic E-state index is 14.6. The minimum absolute atomic E-state index is 0.401. The lowest BCUT2D eigenvalue weighted by molar-refractivity contribution is 0.503. The first-order chi connectivity index (χ1) is 15.1.